The molecule has 0 saturated heterocycles. The molecule has 0 bridgehead atoms. The highest BCUT2D eigenvalue weighted by Crippen LogP contribution is 2.47. The largest absolute Gasteiger partial charge is 0.311 e. The van der Waals surface area contributed by atoms with Crippen LogP contribution in [0.2, 0.25) is 0 Å². The highest BCUT2D eigenvalue weighted by atomic mass is 15.2. The van der Waals surface area contributed by atoms with E-state index in [2.05, 4.69) is 262 Å². The molecule has 12 rings (SSSR count). The lowest BCUT2D eigenvalue weighted by molar-refractivity contribution is 0.590. The van der Waals surface area contributed by atoms with Crippen LogP contribution < -0.4 is 26.2 Å². The Morgan fingerprint density at radius 2 is 0.727 bits per heavy atom. The molecule has 0 aliphatic carbocycles. The highest BCUT2D eigenvalue weighted by molar-refractivity contribution is 7.00. The van der Waals surface area contributed by atoms with Gasteiger partial charge >= 0.3 is 0 Å². The Hall–Kier alpha value is -7.56. The van der Waals surface area contributed by atoms with E-state index in [4.69, 9.17) is 0 Å². The average molecular weight is 850 g/mol. The minimum Gasteiger partial charge on any atom is -0.311 e. The number of hydrogen-bond donors (Lipinski definition) is 0. The van der Waals surface area contributed by atoms with Gasteiger partial charge in [0, 0.05) is 44.9 Å². The van der Waals surface area contributed by atoms with Crippen molar-refractivity contribution in [3.8, 4) is 27.9 Å². The molecule has 66 heavy (non-hydrogen) atoms. The van der Waals surface area contributed by atoms with Gasteiger partial charge < -0.3 is 14.4 Å². The number of nitrogens with zero attached hydrogens (tertiary/aromatic N) is 3. The molecule has 1 aromatic heterocycles. The first-order chi connectivity index (χ1) is 32.0. The SMILES string of the molecule is CC(C)(C)c1ccc2c(c1)B1c3cc(C(C)(C)C)ccc3N(c3ccccc3)c3cc(-n4c5cc(-c6ccccc6)ccc5c5ccc(-c6ccccc6)cc54)cc(c31)N2c1ccccc1. The van der Waals surface area contributed by atoms with E-state index >= 15 is 0 Å². The smallest absolute Gasteiger partial charge is 0.252 e. The van der Waals surface area contributed by atoms with Crippen molar-refractivity contribution in [2.75, 3.05) is 9.80 Å². The van der Waals surface area contributed by atoms with Crippen molar-refractivity contribution in [2.45, 2.75) is 52.4 Å². The maximum Gasteiger partial charge on any atom is 0.252 e. The van der Waals surface area contributed by atoms with E-state index in [1.54, 1.807) is 0 Å². The molecule has 2 aliphatic heterocycles. The number of anilines is 6. The van der Waals surface area contributed by atoms with Gasteiger partial charge in [-0.05, 0) is 121 Å². The molecule has 0 N–H and O–H groups in total. The first-order valence-electron chi connectivity index (χ1n) is 23.4. The average Bonchev–Trinajstić information content (AvgIpc) is 3.67. The molecule has 0 saturated carbocycles. The first-order valence-corrected chi connectivity index (χ1v) is 23.4. The number of rotatable bonds is 5. The van der Waals surface area contributed by atoms with Crippen LogP contribution in [0, 0.1) is 0 Å². The highest BCUT2D eigenvalue weighted by Gasteiger charge is 2.44. The van der Waals surface area contributed by atoms with Crippen molar-refractivity contribution in [1.29, 1.82) is 0 Å². The molecule has 4 heteroatoms. The summed E-state index contributed by atoms with van der Waals surface area (Å²) < 4.78 is 2.54. The maximum atomic E-state index is 2.54. The lowest BCUT2D eigenvalue weighted by Crippen LogP contribution is -2.61. The van der Waals surface area contributed by atoms with Crippen molar-refractivity contribution < 1.29 is 0 Å². The van der Waals surface area contributed by atoms with Crippen molar-refractivity contribution in [1.82, 2.24) is 4.57 Å². The van der Waals surface area contributed by atoms with Gasteiger partial charge in [-0.25, -0.2) is 0 Å². The fourth-order valence-electron chi connectivity index (χ4n) is 10.7. The first kappa shape index (κ1) is 40.0. The molecule has 2 aliphatic rings. The van der Waals surface area contributed by atoms with Gasteiger partial charge in [0.25, 0.3) is 6.71 Å². The molecule has 0 fully saturated rings. The summed E-state index contributed by atoms with van der Waals surface area (Å²) in [6.45, 7) is 14.0. The number of para-hydroxylation sites is 2. The van der Waals surface area contributed by atoms with E-state index in [0.29, 0.717) is 0 Å². The third kappa shape index (κ3) is 6.42. The topological polar surface area (TPSA) is 11.4 Å². The van der Waals surface area contributed by atoms with Crippen molar-refractivity contribution in [3.63, 3.8) is 0 Å². The van der Waals surface area contributed by atoms with E-state index in [1.807, 2.05) is 0 Å². The predicted molar refractivity (Wildman–Crippen MR) is 283 cm³/mol. The minimum atomic E-state index is -0.0336. The predicted octanol–water partition coefficient (Wildman–Crippen LogP) is 14.8. The van der Waals surface area contributed by atoms with Crippen LogP contribution in [0.4, 0.5) is 34.1 Å². The number of benzene rings is 9. The van der Waals surface area contributed by atoms with E-state index in [-0.39, 0.29) is 17.5 Å². The van der Waals surface area contributed by atoms with Gasteiger partial charge in [-0.1, -0.05) is 187 Å². The standard InChI is InChI=1S/C62H52BN3/c1-61(2,3)45-29-33-54-52(37-45)63-53-38-46(62(4,5)6)30-34-55(53)65(48-25-17-10-18-26-48)59-40-49(39-58(60(59)63)64(54)47-23-15-9-16-24-47)66-56-35-43(41-19-11-7-12-20-41)27-31-50(56)51-32-28-44(36-57(51)66)42-21-13-8-14-22-42/h7-40H,1-6H3. The molecule has 3 nitrogen and oxygen atoms in total. The molecule has 0 radical (unpaired) electrons. The van der Waals surface area contributed by atoms with Crippen LogP contribution in [0.1, 0.15) is 52.7 Å². The van der Waals surface area contributed by atoms with Crippen molar-refractivity contribution in [3.05, 3.63) is 217 Å². The molecule has 318 valence electrons. The van der Waals surface area contributed by atoms with Crippen LogP contribution in [-0.2, 0) is 10.8 Å². The van der Waals surface area contributed by atoms with Gasteiger partial charge in [0.15, 0.2) is 0 Å². The fraction of sp³-hybridized carbons (Fsp3) is 0.129. The van der Waals surface area contributed by atoms with Gasteiger partial charge in [0.05, 0.1) is 16.7 Å². The molecule has 0 atom stereocenters. The Morgan fingerprint density at radius 3 is 1.12 bits per heavy atom. The summed E-state index contributed by atoms with van der Waals surface area (Å²) in [5.41, 5.74) is 22.0. The normalized spacial score (nSPS) is 13.2. The minimum absolute atomic E-state index is 0.00825. The van der Waals surface area contributed by atoms with E-state index < -0.39 is 0 Å². The summed E-state index contributed by atoms with van der Waals surface area (Å²) in [4.78, 5) is 5.09. The van der Waals surface area contributed by atoms with Gasteiger partial charge in [-0.3, -0.25) is 0 Å². The lowest BCUT2D eigenvalue weighted by atomic mass is 9.33. The molecule has 0 spiro atoms. The summed E-state index contributed by atoms with van der Waals surface area (Å²) in [7, 11) is 0. The van der Waals surface area contributed by atoms with Crippen molar-refractivity contribution in [2.24, 2.45) is 0 Å². The summed E-state index contributed by atoms with van der Waals surface area (Å²) in [6, 6.07) is 77.1. The molecule has 3 heterocycles. The Kier molecular flexibility index (Phi) is 9.09. The van der Waals surface area contributed by atoms with Gasteiger partial charge in [0.1, 0.15) is 0 Å². The molecular formula is C62H52BN3. The second-order valence-corrected chi connectivity index (χ2v) is 20.3. The Balaban J connectivity index is 1.23. The second-order valence-electron chi connectivity index (χ2n) is 20.3. The second kappa shape index (κ2) is 15.0. The zero-order valence-electron chi connectivity index (χ0n) is 38.5. The maximum absolute atomic E-state index is 2.54. The summed E-state index contributed by atoms with van der Waals surface area (Å²) in [5.74, 6) is 0. The van der Waals surface area contributed by atoms with Crippen molar-refractivity contribution >= 4 is 79.0 Å². The van der Waals surface area contributed by atoms with Gasteiger partial charge in [-0.15, -0.1) is 0 Å². The Labute approximate surface area is 389 Å². The van der Waals surface area contributed by atoms with Crippen LogP contribution in [-0.4, -0.2) is 11.3 Å². The van der Waals surface area contributed by atoms with Crippen LogP contribution in [0.3, 0.4) is 0 Å². The zero-order chi connectivity index (χ0) is 44.9. The molecular weight excluding hydrogens is 798 g/mol. The third-order valence-electron chi connectivity index (χ3n) is 14.1. The van der Waals surface area contributed by atoms with Gasteiger partial charge in [0.2, 0.25) is 0 Å². The molecule has 10 aromatic rings. The molecule has 0 amide bonds. The fourth-order valence-corrected chi connectivity index (χ4v) is 10.7. The Bertz CT molecular complexity index is 3260. The Morgan fingerprint density at radius 1 is 0.333 bits per heavy atom. The summed E-state index contributed by atoms with van der Waals surface area (Å²) in [6.07, 6.45) is 0. The van der Waals surface area contributed by atoms with Crippen LogP contribution in [0.25, 0.3) is 49.7 Å². The summed E-state index contributed by atoms with van der Waals surface area (Å²) >= 11 is 0. The lowest BCUT2D eigenvalue weighted by Gasteiger charge is -2.45. The monoisotopic (exact) mass is 849 g/mol. The van der Waals surface area contributed by atoms with E-state index in [0.717, 1.165) is 17.1 Å². The van der Waals surface area contributed by atoms with E-state index in [9.17, 15) is 0 Å². The third-order valence-corrected chi connectivity index (χ3v) is 14.1. The van der Waals surface area contributed by atoms with Crippen LogP contribution >= 0.6 is 0 Å². The van der Waals surface area contributed by atoms with E-state index in [1.165, 1.54) is 94.3 Å². The number of hydrogen-bond acceptors (Lipinski definition) is 2. The van der Waals surface area contributed by atoms with Crippen LogP contribution in [0.5, 0.6) is 0 Å². The summed E-state index contributed by atoms with van der Waals surface area (Å²) in [5, 5.41) is 2.46. The molecule has 0 unspecified atom stereocenters. The quantitative estimate of drug-likeness (QED) is 0.160. The zero-order valence-corrected chi connectivity index (χ0v) is 38.5. The number of aromatic nitrogens is 1. The molecule has 9 aromatic carbocycles. The van der Waals surface area contributed by atoms with Crippen LogP contribution in [0.15, 0.2) is 206 Å². The number of fused-ring (bicyclic) bond motifs is 7. The van der Waals surface area contributed by atoms with Gasteiger partial charge in [-0.2, -0.15) is 0 Å².